The normalized spacial score (nSPS) is 11.3. The maximum Gasteiger partial charge on any atom is 0.339 e. The molecule has 0 aliphatic heterocycles. The van der Waals surface area contributed by atoms with Gasteiger partial charge in [-0.1, -0.05) is 17.7 Å². The summed E-state index contributed by atoms with van der Waals surface area (Å²) < 4.78 is 31.6. The van der Waals surface area contributed by atoms with E-state index in [0.717, 1.165) is 11.3 Å². The number of aromatic nitrogens is 1. The molecule has 1 N–H and O–H groups in total. The molecule has 6 nitrogen and oxygen atoms in total. The Labute approximate surface area is 145 Å². The van der Waals surface area contributed by atoms with Crippen molar-refractivity contribution in [1.82, 2.24) is 9.71 Å². The quantitative estimate of drug-likeness (QED) is 0.791. The summed E-state index contributed by atoms with van der Waals surface area (Å²) >= 11 is 5.95. The van der Waals surface area contributed by atoms with Crippen LogP contribution in [0.1, 0.15) is 21.6 Å². The zero-order valence-corrected chi connectivity index (χ0v) is 14.8. The van der Waals surface area contributed by atoms with Gasteiger partial charge in [0.05, 0.1) is 22.6 Å². The number of ether oxygens (including phenoxy) is 1. The SMILES string of the molecule is COC(=O)c1ccc(S(=O)(=O)NCCc2ccc(C)nc2)cc1Cl. The lowest BCUT2D eigenvalue weighted by Crippen LogP contribution is -2.26. The third-order valence-corrected chi connectivity index (χ3v) is 5.11. The second kappa shape index (κ2) is 7.74. The Hall–Kier alpha value is -1.96. The zero-order valence-electron chi connectivity index (χ0n) is 13.2. The summed E-state index contributed by atoms with van der Waals surface area (Å²) in [5.41, 5.74) is 1.95. The summed E-state index contributed by atoms with van der Waals surface area (Å²) in [5.74, 6) is -0.622. The van der Waals surface area contributed by atoms with Crippen molar-refractivity contribution in [2.24, 2.45) is 0 Å². The van der Waals surface area contributed by atoms with E-state index in [1.165, 1.54) is 25.3 Å². The number of sulfonamides is 1. The summed E-state index contributed by atoms with van der Waals surface area (Å²) in [4.78, 5) is 15.6. The number of nitrogens with one attached hydrogen (secondary N) is 1. The lowest BCUT2D eigenvalue weighted by atomic mass is 10.2. The van der Waals surface area contributed by atoms with Gasteiger partial charge >= 0.3 is 5.97 Å². The molecule has 0 fully saturated rings. The van der Waals surface area contributed by atoms with Gasteiger partial charge < -0.3 is 4.74 Å². The highest BCUT2D eigenvalue weighted by Gasteiger charge is 2.18. The largest absolute Gasteiger partial charge is 0.465 e. The molecule has 1 heterocycles. The smallest absolute Gasteiger partial charge is 0.339 e. The van der Waals surface area contributed by atoms with E-state index in [0.29, 0.717) is 6.42 Å². The summed E-state index contributed by atoms with van der Waals surface area (Å²) in [7, 11) is -2.49. The molecule has 0 aliphatic carbocycles. The molecule has 0 atom stereocenters. The Balaban J connectivity index is 2.06. The molecule has 0 unspecified atom stereocenters. The van der Waals surface area contributed by atoms with Crippen molar-refractivity contribution >= 4 is 27.6 Å². The molecule has 0 aliphatic rings. The van der Waals surface area contributed by atoms with Gasteiger partial charge in [-0.05, 0) is 43.2 Å². The Bertz CT molecular complexity index is 836. The van der Waals surface area contributed by atoms with E-state index in [1.54, 1.807) is 6.20 Å². The molecule has 1 aromatic heterocycles. The van der Waals surface area contributed by atoms with Crippen molar-refractivity contribution in [3.05, 3.63) is 58.4 Å². The summed E-state index contributed by atoms with van der Waals surface area (Å²) in [5, 5.41) is 0.0208. The first kappa shape index (κ1) is 18.4. The van der Waals surface area contributed by atoms with E-state index in [4.69, 9.17) is 11.6 Å². The fourth-order valence-corrected chi connectivity index (χ4v) is 3.38. The number of halogens is 1. The molecule has 0 spiro atoms. The van der Waals surface area contributed by atoms with Crippen LogP contribution in [0.3, 0.4) is 0 Å². The Kier molecular flexibility index (Phi) is 5.93. The highest BCUT2D eigenvalue weighted by atomic mass is 35.5. The number of aryl methyl sites for hydroxylation is 1. The number of benzene rings is 1. The molecular formula is C16H17ClN2O4S. The van der Waals surface area contributed by atoms with Crippen LogP contribution in [0.5, 0.6) is 0 Å². The third kappa shape index (κ3) is 4.53. The van der Waals surface area contributed by atoms with Gasteiger partial charge in [0.15, 0.2) is 0 Å². The zero-order chi connectivity index (χ0) is 17.7. The minimum Gasteiger partial charge on any atom is -0.465 e. The van der Waals surface area contributed by atoms with Gasteiger partial charge in [0.1, 0.15) is 0 Å². The van der Waals surface area contributed by atoms with Crippen LogP contribution in [0, 0.1) is 6.92 Å². The highest BCUT2D eigenvalue weighted by Crippen LogP contribution is 2.21. The van der Waals surface area contributed by atoms with E-state index in [2.05, 4.69) is 14.4 Å². The standard InChI is InChI=1S/C16H17ClN2O4S/c1-11-3-4-12(10-18-11)7-8-19-24(21,22)13-5-6-14(15(17)9-13)16(20)23-2/h3-6,9-10,19H,7-8H2,1-2H3. The molecule has 1 aromatic carbocycles. The fraction of sp³-hybridized carbons (Fsp3) is 0.250. The summed E-state index contributed by atoms with van der Waals surface area (Å²) in [6, 6.07) is 7.64. The van der Waals surface area contributed by atoms with Crippen molar-refractivity contribution in [3.63, 3.8) is 0 Å². The first-order chi connectivity index (χ1) is 11.3. The van der Waals surface area contributed by atoms with Gasteiger partial charge in [-0.25, -0.2) is 17.9 Å². The predicted octanol–water partition coefficient (Wildman–Crippen LogP) is 2.35. The first-order valence-electron chi connectivity index (χ1n) is 7.12. The maximum atomic E-state index is 12.3. The van der Waals surface area contributed by atoms with Gasteiger partial charge in [0, 0.05) is 18.4 Å². The van der Waals surface area contributed by atoms with Gasteiger partial charge in [-0.15, -0.1) is 0 Å². The average molecular weight is 369 g/mol. The minimum atomic E-state index is -3.72. The number of methoxy groups -OCH3 is 1. The number of rotatable bonds is 6. The maximum absolute atomic E-state index is 12.3. The first-order valence-corrected chi connectivity index (χ1v) is 8.98. The minimum absolute atomic E-state index is 0.0119. The Morgan fingerprint density at radius 2 is 2.04 bits per heavy atom. The van der Waals surface area contributed by atoms with Crippen LogP contribution in [0.2, 0.25) is 5.02 Å². The number of hydrogen-bond acceptors (Lipinski definition) is 5. The summed E-state index contributed by atoms with van der Waals surface area (Å²) in [6.45, 7) is 2.11. The topological polar surface area (TPSA) is 85.4 Å². The molecular weight excluding hydrogens is 352 g/mol. The Morgan fingerprint density at radius 1 is 1.29 bits per heavy atom. The molecule has 24 heavy (non-hydrogen) atoms. The van der Waals surface area contributed by atoms with E-state index in [1.807, 2.05) is 19.1 Å². The number of nitrogens with zero attached hydrogens (tertiary/aromatic N) is 1. The molecule has 0 radical (unpaired) electrons. The van der Waals surface area contributed by atoms with Gasteiger partial charge in [-0.3, -0.25) is 4.98 Å². The molecule has 0 amide bonds. The monoisotopic (exact) mass is 368 g/mol. The van der Waals surface area contributed by atoms with Crippen molar-refractivity contribution < 1.29 is 17.9 Å². The average Bonchev–Trinajstić information content (AvgIpc) is 2.55. The van der Waals surface area contributed by atoms with E-state index >= 15 is 0 Å². The van der Waals surface area contributed by atoms with Crippen LogP contribution < -0.4 is 4.72 Å². The number of hydrogen-bond donors (Lipinski definition) is 1. The second-order valence-corrected chi connectivity index (χ2v) is 7.26. The van der Waals surface area contributed by atoms with Crippen LogP contribution in [-0.2, 0) is 21.2 Å². The van der Waals surface area contributed by atoms with E-state index in [-0.39, 0.29) is 22.0 Å². The molecule has 0 saturated heterocycles. The van der Waals surface area contributed by atoms with Crippen molar-refractivity contribution in [2.45, 2.75) is 18.2 Å². The Morgan fingerprint density at radius 3 is 2.62 bits per heavy atom. The van der Waals surface area contributed by atoms with Gasteiger partial charge in [-0.2, -0.15) is 0 Å². The van der Waals surface area contributed by atoms with Crippen LogP contribution in [0.25, 0.3) is 0 Å². The van der Waals surface area contributed by atoms with Gasteiger partial charge in [0.2, 0.25) is 10.0 Å². The van der Waals surface area contributed by atoms with Crippen molar-refractivity contribution in [3.8, 4) is 0 Å². The van der Waals surface area contributed by atoms with Crippen molar-refractivity contribution in [2.75, 3.05) is 13.7 Å². The lowest BCUT2D eigenvalue weighted by Gasteiger charge is -2.09. The molecule has 2 rings (SSSR count). The van der Waals surface area contributed by atoms with Crippen LogP contribution in [0.15, 0.2) is 41.4 Å². The molecule has 2 aromatic rings. The highest BCUT2D eigenvalue weighted by molar-refractivity contribution is 7.89. The predicted molar refractivity (Wildman–Crippen MR) is 90.7 cm³/mol. The summed E-state index contributed by atoms with van der Waals surface area (Å²) in [6.07, 6.45) is 2.23. The number of carbonyl (C=O) groups is 1. The van der Waals surface area contributed by atoms with Crippen LogP contribution in [-0.4, -0.2) is 33.0 Å². The van der Waals surface area contributed by atoms with E-state index < -0.39 is 16.0 Å². The second-order valence-electron chi connectivity index (χ2n) is 5.09. The molecule has 0 saturated carbocycles. The van der Waals surface area contributed by atoms with Crippen LogP contribution in [0.4, 0.5) is 0 Å². The van der Waals surface area contributed by atoms with E-state index in [9.17, 15) is 13.2 Å². The van der Waals surface area contributed by atoms with Crippen molar-refractivity contribution in [1.29, 1.82) is 0 Å². The lowest BCUT2D eigenvalue weighted by molar-refractivity contribution is 0.0601. The fourth-order valence-electron chi connectivity index (χ4n) is 2.00. The molecule has 0 bridgehead atoms. The third-order valence-electron chi connectivity index (χ3n) is 3.33. The number of esters is 1. The number of carbonyl (C=O) groups excluding carboxylic acids is 1. The van der Waals surface area contributed by atoms with Gasteiger partial charge in [0.25, 0.3) is 0 Å². The molecule has 128 valence electrons. The molecule has 8 heteroatoms. The van der Waals surface area contributed by atoms with Crippen LogP contribution >= 0.6 is 11.6 Å². The number of pyridine rings is 1.